The molecule has 0 aromatic heterocycles. The van der Waals surface area contributed by atoms with Crippen LogP contribution in [-0.4, -0.2) is 40.4 Å². The number of nitrogens with one attached hydrogen (secondary N) is 2. The van der Waals surface area contributed by atoms with Crippen LogP contribution in [0.25, 0.3) is 0 Å². The van der Waals surface area contributed by atoms with Gasteiger partial charge >= 0.3 is 5.97 Å². The van der Waals surface area contributed by atoms with Gasteiger partial charge in [-0.15, -0.1) is 11.8 Å². The Morgan fingerprint density at radius 3 is 2.33 bits per heavy atom. The van der Waals surface area contributed by atoms with Gasteiger partial charge in [0.2, 0.25) is 11.8 Å². The Labute approximate surface area is 146 Å². The van der Waals surface area contributed by atoms with E-state index in [0.29, 0.717) is 12.1 Å². The summed E-state index contributed by atoms with van der Waals surface area (Å²) in [5.41, 5.74) is 1.82. The normalized spacial score (nSPS) is 11.6. The van der Waals surface area contributed by atoms with Gasteiger partial charge in [0.1, 0.15) is 6.04 Å². The Bertz CT molecular complexity index is 560. The van der Waals surface area contributed by atoms with E-state index in [2.05, 4.69) is 10.6 Å². The summed E-state index contributed by atoms with van der Waals surface area (Å²) in [4.78, 5) is 34.6. The minimum Gasteiger partial charge on any atom is -0.480 e. The van der Waals surface area contributed by atoms with Gasteiger partial charge in [0, 0.05) is 5.69 Å². The van der Waals surface area contributed by atoms with E-state index in [9.17, 15) is 14.4 Å². The lowest BCUT2D eigenvalue weighted by Crippen LogP contribution is -2.41. The number of carboxylic acids is 1. The van der Waals surface area contributed by atoms with Gasteiger partial charge in [-0.3, -0.25) is 9.59 Å². The van der Waals surface area contributed by atoms with Gasteiger partial charge in [-0.2, -0.15) is 0 Å². The van der Waals surface area contributed by atoms with Crippen molar-refractivity contribution in [3.63, 3.8) is 0 Å². The lowest BCUT2D eigenvalue weighted by molar-refractivity contribution is -0.141. The van der Waals surface area contributed by atoms with Crippen LogP contribution in [0.5, 0.6) is 0 Å². The molecule has 0 aliphatic rings. The number of thioether (sulfide) groups is 1. The second-order valence-electron chi connectivity index (χ2n) is 5.51. The first-order chi connectivity index (χ1) is 11.4. The number of hydrogen-bond acceptors (Lipinski definition) is 4. The Hall–Kier alpha value is -2.02. The van der Waals surface area contributed by atoms with E-state index in [-0.39, 0.29) is 23.3 Å². The van der Waals surface area contributed by atoms with Crippen LogP contribution in [0.3, 0.4) is 0 Å². The van der Waals surface area contributed by atoms with Crippen LogP contribution in [0.15, 0.2) is 24.3 Å². The highest BCUT2D eigenvalue weighted by Crippen LogP contribution is 2.10. The number of carboxylic acid groups (broad SMARTS) is 1. The highest BCUT2D eigenvalue weighted by atomic mass is 32.2. The molecular formula is C17H24N2O4S. The average Bonchev–Trinajstić information content (AvgIpc) is 2.53. The van der Waals surface area contributed by atoms with Crippen LogP contribution in [-0.2, 0) is 14.4 Å². The van der Waals surface area contributed by atoms with Crippen molar-refractivity contribution in [1.29, 1.82) is 0 Å². The molecule has 0 radical (unpaired) electrons. The summed E-state index contributed by atoms with van der Waals surface area (Å²) in [7, 11) is 0. The van der Waals surface area contributed by atoms with Gasteiger partial charge in [-0.25, -0.2) is 4.79 Å². The highest BCUT2D eigenvalue weighted by Gasteiger charge is 2.19. The number of amides is 2. The highest BCUT2D eigenvalue weighted by molar-refractivity contribution is 8.00. The summed E-state index contributed by atoms with van der Waals surface area (Å²) in [5.74, 6) is -1.41. The van der Waals surface area contributed by atoms with E-state index in [1.165, 1.54) is 0 Å². The number of rotatable bonds is 10. The quantitative estimate of drug-likeness (QED) is 0.601. The molecule has 0 saturated heterocycles. The molecule has 3 N–H and O–H groups in total. The van der Waals surface area contributed by atoms with Gasteiger partial charge in [0.05, 0.1) is 11.5 Å². The van der Waals surface area contributed by atoms with Crippen molar-refractivity contribution < 1.29 is 19.5 Å². The molecule has 6 nitrogen and oxygen atoms in total. The summed E-state index contributed by atoms with van der Waals surface area (Å²) in [6.07, 6.45) is 2.02. The summed E-state index contributed by atoms with van der Waals surface area (Å²) in [6, 6.07) is 6.57. The third-order valence-corrected chi connectivity index (χ3v) is 4.21. The van der Waals surface area contributed by atoms with E-state index in [4.69, 9.17) is 5.11 Å². The van der Waals surface area contributed by atoms with Crippen molar-refractivity contribution in [2.45, 2.75) is 39.2 Å². The SMILES string of the molecule is CCCC[C@H](NC(=O)CSCC(=O)Nc1ccc(C)cc1)C(=O)O. The number of hydrogen-bond donors (Lipinski definition) is 3. The molecule has 1 aromatic rings. The molecule has 1 rings (SSSR count). The summed E-state index contributed by atoms with van der Waals surface area (Å²) in [6.45, 7) is 3.92. The fraction of sp³-hybridized carbons (Fsp3) is 0.471. The predicted octanol–water partition coefficient (Wildman–Crippen LogP) is 2.43. The van der Waals surface area contributed by atoms with Gasteiger partial charge in [0.25, 0.3) is 0 Å². The monoisotopic (exact) mass is 352 g/mol. The summed E-state index contributed by atoms with van der Waals surface area (Å²) in [5, 5.41) is 14.3. The van der Waals surface area contributed by atoms with E-state index in [0.717, 1.165) is 30.2 Å². The standard InChI is InChI=1S/C17H24N2O4S/c1-3-4-5-14(17(22)23)19-16(21)11-24-10-15(20)18-13-8-6-12(2)7-9-13/h6-9,14H,3-5,10-11H2,1-2H3,(H,18,20)(H,19,21)(H,22,23)/t14-/m0/s1. The van der Waals surface area contributed by atoms with Crippen molar-refractivity contribution in [2.75, 3.05) is 16.8 Å². The Balaban J connectivity index is 2.29. The number of anilines is 1. The molecule has 0 bridgehead atoms. The first-order valence-corrected chi connectivity index (χ1v) is 9.04. The molecule has 0 saturated carbocycles. The van der Waals surface area contributed by atoms with Gasteiger partial charge in [0.15, 0.2) is 0 Å². The number of aliphatic carboxylic acids is 1. The molecule has 1 aromatic carbocycles. The maximum atomic E-state index is 11.8. The van der Waals surface area contributed by atoms with E-state index < -0.39 is 12.0 Å². The fourth-order valence-corrected chi connectivity index (χ4v) is 2.60. The molecule has 7 heteroatoms. The van der Waals surface area contributed by atoms with E-state index in [1.807, 2.05) is 38.1 Å². The summed E-state index contributed by atoms with van der Waals surface area (Å²) < 4.78 is 0. The van der Waals surface area contributed by atoms with Gasteiger partial charge in [-0.05, 0) is 25.5 Å². The zero-order valence-corrected chi connectivity index (χ0v) is 14.8. The predicted molar refractivity (Wildman–Crippen MR) is 96.2 cm³/mol. The first-order valence-electron chi connectivity index (χ1n) is 7.88. The van der Waals surface area contributed by atoms with Crippen molar-refractivity contribution in [3.8, 4) is 0 Å². The lowest BCUT2D eigenvalue weighted by Gasteiger charge is -2.13. The molecule has 0 spiro atoms. The van der Waals surface area contributed by atoms with Crippen molar-refractivity contribution in [1.82, 2.24) is 5.32 Å². The summed E-state index contributed by atoms with van der Waals surface area (Å²) >= 11 is 1.15. The molecule has 2 amide bonds. The Morgan fingerprint density at radius 2 is 1.75 bits per heavy atom. The van der Waals surface area contributed by atoms with Crippen LogP contribution in [0.1, 0.15) is 31.7 Å². The smallest absolute Gasteiger partial charge is 0.326 e. The molecule has 132 valence electrons. The van der Waals surface area contributed by atoms with Crippen LogP contribution < -0.4 is 10.6 Å². The maximum absolute atomic E-state index is 11.8. The third kappa shape index (κ3) is 8.01. The molecule has 1 atom stereocenters. The Morgan fingerprint density at radius 1 is 1.12 bits per heavy atom. The largest absolute Gasteiger partial charge is 0.480 e. The molecule has 24 heavy (non-hydrogen) atoms. The molecule has 0 aliphatic heterocycles. The average molecular weight is 352 g/mol. The maximum Gasteiger partial charge on any atom is 0.326 e. The molecule has 0 unspecified atom stereocenters. The molecule has 0 aliphatic carbocycles. The fourth-order valence-electron chi connectivity index (χ4n) is 1.97. The molecular weight excluding hydrogens is 328 g/mol. The van der Waals surface area contributed by atoms with Crippen molar-refractivity contribution in [2.24, 2.45) is 0 Å². The van der Waals surface area contributed by atoms with Crippen molar-refractivity contribution >= 4 is 35.2 Å². The van der Waals surface area contributed by atoms with Gasteiger partial charge in [-0.1, -0.05) is 37.5 Å². The van der Waals surface area contributed by atoms with Crippen LogP contribution in [0.4, 0.5) is 5.69 Å². The topological polar surface area (TPSA) is 95.5 Å². The minimum absolute atomic E-state index is 0.0528. The van der Waals surface area contributed by atoms with Crippen LogP contribution in [0.2, 0.25) is 0 Å². The molecule has 0 fully saturated rings. The minimum atomic E-state index is -1.03. The van der Waals surface area contributed by atoms with Crippen LogP contribution >= 0.6 is 11.8 Å². The van der Waals surface area contributed by atoms with E-state index >= 15 is 0 Å². The second-order valence-corrected chi connectivity index (χ2v) is 6.49. The van der Waals surface area contributed by atoms with Gasteiger partial charge < -0.3 is 15.7 Å². The zero-order valence-electron chi connectivity index (χ0n) is 14.0. The first kappa shape index (κ1) is 20.0. The Kier molecular flexibility index (Phi) is 8.93. The molecule has 0 heterocycles. The van der Waals surface area contributed by atoms with Crippen LogP contribution in [0, 0.1) is 6.92 Å². The second kappa shape index (κ2) is 10.7. The number of aryl methyl sites for hydroxylation is 1. The number of carbonyl (C=O) groups is 3. The number of benzene rings is 1. The lowest BCUT2D eigenvalue weighted by atomic mass is 10.1. The van der Waals surface area contributed by atoms with E-state index in [1.54, 1.807) is 0 Å². The number of carbonyl (C=O) groups excluding carboxylic acids is 2. The number of unbranched alkanes of at least 4 members (excludes halogenated alkanes) is 1. The third-order valence-electron chi connectivity index (χ3n) is 3.28. The van der Waals surface area contributed by atoms with Crippen molar-refractivity contribution in [3.05, 3.63) is 29.8 Å². The zero-order chi connectivity index (χ0) is 17.9.